The molecule has 0 atom stereocenters. The third-order valence-electron chi connectivity index (χ3n) is 5.45. The van der Waals surface area contributed by atoms with Gasteiger partial charge < -0.3 is 16.2 Å². The van der Waals surface area contributed by atoms with Crippen molar-refractivity contribution >= 4 is 22.8 Å². The van der Waals surface area contributed by atoms with Gasteiger partial charge in [-0.15, -0.1) is 0 Å². The molecule has 3 aromatic rings. The molecule has 1 heterocycles. The Balaban J connectivity index is 0.000000383. The summed E-state index contributed by atoms with van der Waals surface area (Å²) in [5.74, 6) is -3.21. The lowest BCUT2D eigenvalue weighted by molar-refractivity contribution is -0.192. The molecule has 33 heavy (non-hydrogen) atoms. The first kappa shape index (κ1) is 24.2. The normalized spacial score (nSPS) is 14.5. The number of benzene rings is 2. The highest BCUT2D eigenvalue weighted by molar-refractivity contribution is 6.04. The first-order valence-electron chi connectivity index (χ1n) is 10.6. The Labute approximate surface area is 188 Å². The number of halogens is 3. The van der Waals surface area contributed by atoms with Gasteiger partial charge in [-0.25, -0.2) is 9.48 Å². The van der Waals surface area contributed by atoms with Gasteiger partial charge in [-0.1, -0.05) is 43.5 Å². The molecule has 1 fully saturated rings. The van der Waals surface area contributed by atoms with Crippen LogP contribution in [-0.4, -0.2) is 39.0 Å². The number of carboxylic acid groups (broad SMARTS) is 1. The largest absolute Gasteiger partial charge is 0.490 e. The van der Waals surface area contributed by atoms with Gasteiger partial charge in [-0.05, 0) is 36.6 Å². The van der Waals surface area contributed by atoms with Gasteiger partial charge in [0.15, 0.2) is 0 Å². The fourth-order valence-electron chi connectivity index (χ4n) is 3.71. The monoisotopic (exact) mass is 462 g/mol. The molecule has 176 valence electrons. The second-order valence-electron chi connectivity index (χ2n) is 7.87. The van der Waals surface area contributed by atoms with Crippen LogP contribution < -0.4 is 11.1 Å². The zero-order chi connectivity index (χ0) is 24.0. The highest BCUT2D eigenvalue weighted by atomic mass is 19.4. The number of nitrogens with one attached hydrogen (secondary N) is 1. The Morgan fingerprint density at radius 3 is 2.30 bits per heavy atom. The minimum atomic E-state index is -5.08. The lowest BCUT2D eigenvalue weighted by atomic mass is 9.95. The number of alkyl halides is 3. The average Bonchev–Trinajstić information content (AvgIpc) is 3.23. The molecule has 0 radical (unpaired) electrons. The van der Waals surface area contributed by atoms with Crippen LogP contribution in [0.5, 0.6) is 0 Å². The second-order valence-corrected chi connectivity index (χ2v) is 7.87. The number of amides is 1. The number of fused-ring (bicyclic) bond motifs is 1. The SMILES string of the molecule is NC(=O)c1cccc2cn(-c3ccc(CNC4CCCCC4)cc3)nc12.O=C(O)C(F)(F)F. The van der Waals surface area contributed by atoms with Gasteiger partial charge in [0.05, 0.1) is 11.3 Å². The number of hydrogen-bond donors (Lipinski definition) is 3. The van der Waals surface area contributed by atoms with Crippen molar-refractivity contribution in [1.29, 1.82) is 0 Å². The minimum absolute atomic E-state index is 0.453. The average molecular weight is 462 g/mol. The fraction of sp³-hybridized carbons (Fsp3) is 0.348. The Kier molecular flexibility index (Phi) is 7.70. The number of aromatic nitrogens is 2. The number of rotatable bonds is 5. The number of hydrogen-bond acceptors (Lipinski definition) is 4. The van der Waals surface area contributed by atoms with Crippen LogP contribution in [0.4, 0.5) is 13.2 Å². The minimum Gasteiger partial charge on any atom is -0.475 e. The summed E-state index contributed by atoms with van der Waals surface area (Å²) < 4.78 is 33.5. The predicted octanol–water partition coefficient (Wildman–Crippen LogP) is 4.18. The fourth-order valence-corrected chi connectivity index (χ4v) is 3.71. The first-order chi connectivity index (χ1) is 15.6. The van der Waals surface area contributed by atoms with Crippen molar-refractivity contribution < 1.29 is 27.9 Å². The van der Waals surface area contributed by atoms with E-state index >= 15 is 0 Å². The molecule has 1 aliphatic rings. The first-order valence-corrected chi connectivity index (χ1v) is 10.6. The van der Waals surface area contributed by atoms with Crippen molar-refractivity contribution in [3.8, 4) is 5.69 Å². The lowest BCUT2D eigenvalue weighted by Gasteiger charge is -2.22. The summed E-state index contributed by atoms with van der Waals surface area (Å²) in [7, 11) is 0. The molecular weight excluding hydrogens is 437 g/mol. The van der Waals surface area contributed by atoms with E-state index in [1.54, 1.807) is 10.7 Å². The maximum absolute atomic E-state index is 11.6. The van der Waals surface area contributed by atoms with Crippen LogP contribution in [0.3, 0.4) is 0 Å². The zero-order valence-corrected chi connectivity index (χ0v) is 17.8. The molecule has 1 amide bonds. The van der Waals surface area contributed by atoms with E-state index in [1.165, 1.54) is 37.7 Å². The molecule has 1 aliphatic carbocycles. The molecule has 0 aliphatic heterocycles. The van der Waals surface area contributed by atoms with Crippen molar-refractivity contribution in [3.05, 3.63) is 59.8 Å². The Morgan fingerprint density at radius 1 is 1.09 bits per heavy atom. The number of aliphatic carboxylic acids is 1. The number of nitrogens with zero attached hydrogens (tertiary/aromatic N) is 2. The van der Waals surface area contributed by atoms with Crippen LogP contribution in [0.1, 0.15) is 48.0 Å². The predicted molar refractivity (Wildman–Crippen MR) is 117 cm³/mol. The molecule has 10 heteroatoms. The molecule has 1 aromatic heterocycles. The van der Waals surface area contributed by atoms with E-state index in [9.17, 15) is 18.0 Å². The molecule has 4 rings (SSSR count). The molecular formula is C23H25F3N4O3. The summed E-state index contributed by atoms with van der Waals surface area (Å²) >= 11 is 0. The number of carbonyl (C=O) groups excluding carboxylic acids is 1. The van der Waals surface area contributed by atoms with E-state index in [-0.39, 0.29) is 0 Å². The summed E-state index contributed by atoms with van der Waals surface area (Å²) in [4.78, 5) is 20.5. The van der Waals surface area contributed by atoms with E-state index in [4.69, 9.17) is 15.6 Å². The van der Waals surface area contributed by atoms with Gasteiger partial charge in [0.2, 0.25) is 0 Å². The van der Waals surface area contributed by atoms with E-state index in [2.05, 4.69) is 34.7 Å². The Morgan fingerprint density at radius 2 is 1.73 bits per heavy atom. The summed E-state index contributed by atoms with van der Waals surface area (Å²) in [5, 5.41) is 16.2. The van der Waals surface area contributed by atoms with Gasteiger partial charge in [0, 0.05) is 24.2 Å². The zero-order valence-electron chi connectivity index (χ0n) is 17.8. The lowest BCUT2D eigenvalue weighted by Crippen LogP contribution is -2.30. The Bertz CT molecular complexity index is 1100. The van der Waals surface area contributed by atoms with Crippen molar-refractivity contribution in [2.24, 2.45) is 5.73 Å². The smallest absolute Gasteiger partial charge is 0.475 e. The van der Waals surface area contributed by atoms with Gasteiger partial charge in [-0.3, -0.25) is 4.79 Å². The van der Waals surface area contributed by atoms with Crippen LogP contribution in [0.2, 0.25) is 0 Å². The van der Waals surface area contributed by atoms with Gasteiger partial charge >= 0.3 is 12.1 Å². The number of carbonyl (C=O) groups is 2. The number of nitrogens with two attached hydrogens (primary N) is 1. The summed E-state index contributed by atoms with van der Waals surface area (Å²) in [6.07, 6.45) is 3.49. The van der Waals surface area contributed by atoms with E-state index in [1.807, 2.05) is 18.3 Å². The van der Waals surface area contributed by atoms with Crippen molar-refractivity contribution in [3.63, 3.8) is 0 Å². The standard InChI is InChI=1S/C21H24N4O.C2HF3O2/c22-21(26)19-8-4-5-16-14-25(24-20(16)19)18-11-9-15(10-12-18)13-23-17-6-2-1-3-7-17;3-2(4,5)1(6)7/h4-5,8-12,14,17,23H,1-3,6-7,13H2,(H2,22,26);(H,6,7). The van der Waals surface area contributed by atoms with Gasteiger partial charge in [0.1, 0.15) is 5.52 Å². The van der Waals surface area contributed by atoms with Crippen LogP contribution in [-0.2, 0) is 11.3 Å². The molecule has 0 saturated heterocycles. The second kappa shape index (κ2) is 10.5. The molecule has 2 aromatic carbocycles. The van der Waals surface area contributed by atoms with Crippen LogP contribution in [0.15, 0.2) is 48.7 Å². The Hall–Kier alpha value is -3.40. The highest BCUT2D eigenvalue weighted by Gasteiger charge is 2.38. The van der Waals surface area contributed by atoms with E-state index in [0.29, 0.717) is 17.1 Å². The van der Waals surface area contributed by atoms with E-state index in [0.717, 1.165) is 17.6 Å². The number of primary amides is 1. The molecule has 7 nitrogen and oxygen atoms in total. The summed E-state index contributed by atoms with van der Waals surface area (Å²) in [5.41, 5.74) is 8.78. The molecule has 0 bridgehead atoms. The quantitative estimate of drug-likeness (QED) is 0.527. The van der Waals surface area contributed by atoms with Crippen LogP contribution in [0, 0.1) is 0 Å². The topological polar surface area (TPSA) is 110 Å². The van der Waals surface area contributed by atoms with Crippen LogP contribution in [0.25, 0.3) is 16.6 Å². The maximum Gasteiger partial charge on any atom is 0.490 e. The summed E-state index contributed by atoms with van der Waals surface area (Å²) in [6.45, 7) is 0.901. The van der Waals surface area contributed by atoms with Crippen LogP contribution >= 0.6 is 0 Å². The van der Waals surface area contributed by atoms with Crippen molar-refractivity contribution in [2.75, 3.05) is 0 Å². The third kappa shape index (κ3) is 6.55. The van der Waals surface area contributed by atoms with Crippen molar-refractivity contribution in [1.82, 2.24) is 15.1 Å². The highest BCUT2D eigenvalue weighted by Crippen LogP contribution is 2.21. The third-order valence-corrected chi connectivity index (χ3v) is 5.45. The summed E-state index contributed by atoms with van der Waals surface area (Å²) in [6, 6.07) is 14.5. The number of carboxylic acids is 1. The maximum atomic E-state index is 11.6. The molecule has 0 spiro atoms. The molecule has 0 unspecified atom stereocenters. The van der Waals surface area contributed by atoms with E-state index < -0.39 is 18.1 Å². The van der Waals surface area contributed by atoms with Crippen molar-refractivity contribution in [2.45, 2.75) is 50.9 Å². The molecule has 1 saturated carbocycles. The van der Waals surface area contributed by atoms with Gasteiger partial charge in [-0.2, -0.15) is 18.3 Å². The molecule has 4 N–H and O–H groups in total. The van der Waals surface area contributed by atoms with Gasteiger partial charge in [0.25, 0.3) is 5.91 Å².